The average molecular weight is 416 g/mol. The predicted octanol–water partition coefficient (Wildman–Crippen LogP) is 5.69. The number of hydrogen-bond acceptors (Lipinski definition) is 5. The lowest BCUT2D eigenvalue weighted by Crippen LogP contribution is -2.08. The molecule has 156 valence electrons. The molecule has 4 aromatic rings. The van der Waals surface area contributed by atoms with Crippen molar-refractivity contribution in [1.82, 2.24) is 14.4 Å². The first kappa shape index (κ1) is 19.8. The minimum Gasteiger partial charge on any atom is -0.496 e. The highest BCUT2D eigenvalue weighted by Gasteiger charge is 2.32. The van der Waals surface area contributed by atoms with E-state index in [0.717, 1.165) is 12.3 Å². The van der Waals surface area contributed by atoms with Crippen LogP contribution < -0.4 is 10.1 Å². The summed E-state index contributed by atoms with van der Waals surface area (Å²) in [5, 5.41) is 3.05. The quantitative estimate of drug-likeness (QED) is 0.463. The van der Waals surface area contributed by atoms with Crippen LogP contribution in [-0.2, 0) is 6.18 Å². The monoisotopic (exact) mass is 416 g/mol. The second-order valence-electron chi connectivity index (χ2n) is 6.92. The topological polar surface area (TPSA) is 64.6 Å². The lowest BCUT2D eigenvalue weighted by Gasteiger charge is -2.15. The smallest absolute Gasteiger partial charge is 0.417 e. The molecule has 9 heteroatoms. The van der Waals surface area contributed by atoms with E-state index in [2.05, 4.69) is 15.3 Å². The van der Waals surface area contributed by atoms with E-state index < -0.39 is 11.7 Å². The number of methoxy groups -OCH3 is 1. The first-order valence-corrected chi connectivity index (χ1v) is 9.11. The number of pyridine rings is 1. The van der Waals surface area contributed by atoms with Crippen LogP contribution in [0.2, 0.25) is 0 Å². The molecule has 3 heterocycles. The molecule has 0 saturated heterocycles. The number of halogens is 3. The maximum Gasteiger partial charge on any atom is 0.417 e. The molecule has 0 bridgehead atoms. The molecule has 1 N–H and O–H groups in total. The molecule has 0 atom stereocenters. The van der Waals surface area contributed by atoms with Crippen molar-refractivity contribution in [2.75, 3.05) is 12.4 Å². The third-order valence-corrected chi connectivity index (χ3v) is 4.99. The van der Waals surface area contributed by atoms with Crippen LogP contribution in [0.15, 0.2) is 41.3 Å². The van der Waals surface area contributed by atoms with E-state index in [0.29, 0.717) is 45.5 Å². The van der Waals surface area contributed by atoms with Crippen molar-refractivity contribution in [3.05, 3.63) is 59.5 Å². The Balaban J connectivity index is 1.81. The Morgan fingerprint density at radius 2 is 1.87 bits per heavy atom. The van der Waals surface area contributed by atoms with Crippen LogP contribution in [0, 0.1) is 20.8 Å². The zero-order chi connectivity index (χ0) is 21.6. The average Bonchev–Trinajstić information content (AvgIpc) is 3.24. The minimum absolute atomic E-state index is 0.242. The molecule has 0 amide bonds. The number of aryl methyl sites for hydroxylation is 3. The van der Waals surface area contributed by atoms with Gasteiger partial charge in [0.05, 0.1) is 35.3 Å². The number of anilines is 2. The molecule has 4 rings (SSSR count). The minimum atomic E-state index is -4.49. The summed E-state index contributed by atoms with van der Waals surface area (Å²) in [4.78, 5) is 8.50. The van der Waals surface area contributed by atoms with E-state index in [9.17, 15) is 13.2 Å². The SMILES string of the molecule is COc1cc(Nc2cc(C(F)(F)F)cn3c(C)c(C)nc23)ccc1-c1ocnc1C. The molecule has 1 aromatic carbocycles. The van der Waals surface area contributed by atoms with E-state index in [4.69, 9.17) is 9.15 Å². The lowest BCUT2D eigenvalue weighted by molar-refractivity contribution is -0.137. The van der Waals surface area contributed by atoms with Gasteiger partial charge in [0.15, 0.2) is 17.8 Å². The van der Waals surface area contributed by atoms with Crippen LogP contribution >= 0.6 is 0 Å². The van der Waals surface area contributed by atoms with Gasteiger partial charge in [-0.2, -0.15) is 13.2 Å². The summed E-state index contributed by atoms with van der Waals surface area (Å²) in [6.07, 6.45) is -2.08. The largest absolute Gasteiger partial charge is 0.496 e. The highest BCUT2D eigenvalue weighted by molar-refractivity contribution is 5.78. The van der Waals surface area contributed by atoms with Gasteiger partial charge in [-0.25, -0.2) is 9.97 Å². The number of hydrogen-bond donors (Lipinski definition) is 1. The zero-order valence-corrected chi connectivity index (χ0v) is 16.8. The Kier molecular flexibility index (Phi) is 4.68. The van der Waals surface area contributed by atoms with Gasteiger partial charge in [-0.15, -0.1) is 0 Å². The second kappa shape index (κ2) is 7.08. The number of ether oxygens (including phenoxy) is 1. The fourth-order valence-electron chi connectivity index (χ4n) is 3.29. The predicted molar refractivity (Wildman–Crippen MR) is 106 cm³/mol. The molecule has 0 unspecified atom stereocenters. The highest BCUT2D eigenvalue weighted by atomic mass is 19.4. The van der Waals surface area contributed by atoms with Gasteiger partial charge in [0, 0.05) is 23.6 Å². The van der Waals surface area contributed by atoms with Gasteiger partial charge in [0.25, 0.3) is 0 Å². The number of rotatable bonds is 4. The van der Waals surface area contributed by atoms with Crippen molar-refractivity contribution >= 4 is 17.0 Å². The molecule has 6 nitrogen and oxygen atoms in total. The molecule has 0 aliphatic heterocycles. The van der Waals surface area contributed by atoms with Crippen LogP contribution in [0.4, 0.5) is 24.5 Å². The van der Waals surface area contributed by atoms with Gasteiger partial charge in [-0.1, -0.05) is 0 Å². The van der Waals surface area contributed by atoms with Crippen molar-refractivity contribution in [3.63, 3.8) is 0 Å². The third kappa shape index (κ3) is 3.36. The Morgan fingerprint density at radius 3 is 2.50 bits per heavy atom. The first-order valence-electron chi connectivity index (χ1n) is 9.11. The summed E-state index contributed by atoms with van der Waals surface area (Å²) in [5.41, 5.74) is 3.14. The van der Waals surface area contributed by atoms with E-state index >= 15 is 0 Å². The van der Waals surface area contributed by atoms with E-state index in [1.54, 1.807) is 32.0 Å². The van der Waals surface area contributed by atoms with Gasteiger partial charge in [-0.3, -0.25) is 0 Å². The Labute approximate surface area is 170 Å². The third-order valence-electron chi connectivity index (χ3n) is 4.99. The van der Waals surface area contributed by atoms with Crippen LogP contribution in [0.3, 0.4) is 0 Å². The molecule has 3 aromatic heterocycles. The summed E-state index contributed by atoms with van der Waals surface area (Å²) in [6, 6.07) is 6.25. The van der Waals surface area contributed by atoms with E-state index in [1.807, 2.05) is 6.92 Å². The zero-order valence-electron chi connectivity index (χ0n) is 16.8. The summed E-state index contributed by atoms with van der Waals surface area (Å²) in [5.74, 6) is 1.07. The number of nitrogens with zero attached hydrogens (tertiary/aromatic N) is 3. The molecule has 0 saturated carbocycles. The summed E-state index contributed by atoms with van der Waals surface area (Å²) in [6.45, 7) is 5.31. The van der Waals surface area contributed by atoms with Crippen molar-refractivity contribution in [1.29, 1.82) is 0 Å². The summed E-state index contributed by atoms with van der Waals surface area (Å²) in [7, 11) is 1.51. The van der Waals surface area contributed by atoms with Crippen LogP contribution in [-0.4, -0.2) is 21.5 Å². The fourth-order valence-corrected chi connectivity index (χ4v) is 3.29. The van der Waals surface area contributed by atoms with Crippen LogP contribution in [0.1, 0.15) is 22.6 Å². The number of imidazole rings is 1. The van der Waals surface area contributed by atoms with Crippen molar-refractivity contribution in [2.45, 2.75) is 26.9 Å². The second-order valence-corrected chi connectivity index (χ2v) is 6.92. The molecule has 0 radical (unpaired) electrons. The number of alkyl halides is 3. The van der Waals surface area contributed by atoms with Crippen molar-refractivity contribution in [3.8, 4) is 17.1 Å². The number of fused-ring (bicyclic) bond motifs is 1. The van der Waals surface area contributed by atoms with Crippen LogP contribution in [0.5, 0.6) is 5.75 Å². The van der Waals surface area contributed by atoms with Crippen LogP contribution in [0.25, 0.3) is 17.0 Å². The molecule has 0 aliphatic rings. The van der Waals surface area contributed by atoms with Gasteiger partial charge >= 0.3 is 6.18 Å². The molecular formula is C21H19F3N4O2. The van der Waals surface area contributed by atoms with Gasteiger partial charge in [0.2, 0.25) is 0 Å². The molecule has 0 fully saturated rings. The fraction of sp³-hybridized carbons (Fsp3) is 0.238. The number of benzene rings is 1. The summed E-state index contributed by atoms with van der Waals surface area (Å²) < 4.78 is 52.7. The highest BCUT2D eigenvalue weighted by Crippen LogP contribution is 2.37. The maximum absolute atomic E-state index is 13.4. The van der Waals surface area contributed by atoms with Crippen molar-refractivity contribution in [2.24, 2.45) is 0 Å². The first-order chi connectivity index (χ1) is 14.2. The number of aromatic nitrogens is 3. The van der Waals surface area contributed by atoms with Gasteiger partial charge < -0.3 is 18.9 Å². The number of nitrogens with one attached hydrogen (secondary N) is 1. The summed E-state index contributed by atoms with van der Waals surface area (Å²) >= 11 is 0. The molecular weight excluding hydrogens is 397 g/mol. The maximum atomic E-state index is 13.4. The number of oxazole rings is 1. The Hall–Kier alpha value is -3.49. The van der Waals surface area contributed by atoms with E-state index in [1.165, 1.54) is 17.9 Å². The Morgan fingerprint density at radius 1 is 1.10 bits per heavy atom. The standard InChI is InChI=1S/C21H19F3N4O2/c1-11-13(3)28-9-14(21(22,23)24)7-17(20(28)26-11)27-15-5-6-16(18(8-15)29-4)19-12(2)25-10-30-19/h5-10,27H,1-4H3. The van der Waals surface area contributed by atoms with Gasteiger partial charge in [-0.05, 0) is 39.0 Å². The molecule has 0 spiro atoms. The Bertz CT molecular complexity index is 1240. The lowest BCUT2D eigenvalue weighted by atomic mass is 10.1. The molecule has 0 aliphatic carbocycles. The van der Waals surface area contributed by atoms with E-state index in [-0.39, 0.29) is 5.69 Å². The van der Waals surface area contributed by atoms with Gasteiger partial charge in [0.1, 0.15) is 5.75 Å². The van der Waals surface area contributed by atoms with Crippen molar-refractivity contribution < 1.29 is 22.3 Å². The normalized spacial score (nSPS) is 11.8. The molecule has 30 heavy (non-hydrogen) atoms.